The van der Waals surface area contributed by atoms with Gasteiger partial charge in [0.15, 0.2) is 9.84 Å². The van der Waals surface area contributed by atoms with E-state index in [1.54, 1.807) is 0 Å². The number of carbonyl (C=O) groups excluding carboxylic acids is 1. The number of allylic oxidation sites excluding steroid dienone is 1. The first-order chi connectivity index (χ1) is 15.7. The molecule has 0 aromatic heterocycles. The van der Waals surface area contributed by atoms with E-state index >= 15 is 0 Å². The third-order valence-electron chi connectivity index (χ3n) is 4.41. The molecular weight excluding hydrogens is 658 g/mol. The van der Waals surface area contributed by atoms with Crippen molar-refractivity contribution >= 4 is 52.4 Å². The number of fused-ring (bicyclic) bond motifs is 1. The fraction of sp³-hybridized carbons (Fsp3) is 0.111. The molecule has 0 saturated heterocycles. The third kappa shape index (κ3) is 10.2. The Bertz CT molecular complexity index is 1560. The molecule has 3 rings (SSSR count). The number of Topliss-reactive ketones (excluding diaryl/α,β-unsaturated/α-hetero) is 1. The van der Waals surface area contributed by atoms with Crippen LogP contribution >= 0.6 is 0 Å². The molecule has 0 fully saturated rings. The summed E-state index contributed by atoms with van der Waals surface area (Å²) < 4.78 is 94.4. The molecule has 2 aromatic rings. The summed E-state index contributed by atoms with van der Waals surface area (Å²) >= 11 is 0. The fourth-order valence-electron chi connectivity index (χ4n) is 2.87. The van der Waals surface area contributed by atoms with E-state index < -0.39 is 69.8 Å². The van der Waals surface area contributed by atoms with E-state index in [0.29, 0.717) is 0 Å². The zero-order chi connectivity index (χ0) is 25.3. The van der Waals surface area contributed by atoms with Crippen LogP contribution in [0, 0.1) is 0 Å². The molecule has 0 saturated carbocycles. The van der Waals surface area contributed by atoms with Crippen LogP contribution in [0.25, 0.3) is 4.91 Å². The second-order valence-corrected chi connectivity index (χ2v) is 11.2. The van der Waals surface area contributed by atoms with Gasteiger partial charge in [-0.3, -0.25) is 14.4 Å². The zero-order valence-corrected chi connectivity index (χ0v) is 28.7. The van der Waals surface area contributed by atoms with Gasteiger partial charge in [0.05, 0.1) is 27.8 Å². The van der Waals surface area contributed by atoms with Gasteiger partial charge < -0.3 is 14.2 Å². The molecule has 1 aliphatic rings. The van der Waals surface area contributed by atoms with Gasteiger partial charge in [-0.25, -0.2) is 25.3 Å². The number of sulfone groups is 1. The smallest absolute Gasteiger partial charge is 0.744 e. The quantitative estimate of drug-likeness (QED) is 0.0881. The molecule has 19 heteroatoms. The van der Waals surface area contributed by atoms with Crippen molar-refractivity contribution in [3.05, 3.63) is 59.7 Å². The van der Waals surface area contributed by atoms with Gasteiger partial charge in [0, 0.05) is 34.3 Å². The second kappa shape index (κ2) is 15.0. The van der Waals surface area contributed by atoms with Crippen LogP contribution in [0.5, 0.6) is 5.75 Å². The number of nitrogens with zero attached hydrogens (tertiary/aromatic N) is 1. The number of hydrogen-bond acceptors (Lipinski definition) is 13. The minimum absolute atomic E-state index is 0. The van der Waals surface area contributed by atoms with Crippen LogP contribution in [-0.2, 0) is 51.6 Å². The van der Waals surface area contributed by atoms with Gasteiger partial charge in [-0.15, -0.1) is 0 Å². The average Bonchev–Trinajstić information content (AvgIpc) is 2.72. The normalized spacial score (nSPS) is 14.4. The van der Waals surface area contributed by atoms with E-state index in [4.69, 9.17) is 0 Å². The summed E-state index contributed by atoms with van der Waals surface area (Å²) in [5.41, 5.74) is 1.50. The van der Waals surface area contributed by atoms with E-state index in [1.807, 2.05) is 0 Å². The van der Waals surface area contributed by atoms with Crippen molar-refractivity contribution in [1.82, 2.24) is 0 Å². The first-order valence-electron chi connectivity index (χ1n) is 9.00. The fourth-order valence-corrected chi connectivity index (χ4v) is 5.08. The molecule has 1 radical (unpaired) electrons. The summed E-state index contributed by atoms with van der Waals surface area (Å²) in [4.78, 5) is 11.5. The first kappa shape index (κ1) is 37.6. The van der Waals surface area contributed by atoms with Crippen molar-refractivity contribution in [1.29, 1.82) is 0 Å². The second-order valence-electron chi connectivity index (χ2n) is 6.67. The van der Waals surface area contributed by atoms with Crippen molar-refractivity contribution in [3.63, 3.8) is 0 Å². The molecule has 13 nitrogen and oxygen atoms in total. The van der Waals surface area contributed by atoms with Gasteiger partial charge in [-0.1, -0.05) is 24.3 Å². The van der Waals surface area contributed by atoms with Crippen LogP contribution in [0.15, 0.2) is 58.5 Å². The zero-order valence-electron chi connectivity index (χ0n) is 19.0. The molecule has 37 heavy (non-hydrogen) atoms. The monoisotopic (exact) mass is 671 g/mol. The van der Waals surface area contributed by atoms with E-state index in [1.165, 1.54) is 24.3 Å². The van der Waals surface area contributed by atoms with Crippen molar-refractivity contribution in [2.75, 3.05) is 17.8 Å². The summed E-state index contributed by atoms with van der Waals surface area (Å²) in [6, 6.07) is 8.39. The van der Waals surface area contributed by atoms with E-state index in [2.05, 4.69) is 14.7 Å². The number of carbonyl (C=O) groups is 1. The maximum Gasteiger partial charge on any atom is 1.00 e. The molecule has 0 heterocycles. The Morgan fingerprint density at radius 2 is 1.54 bits per heavy atom. The number of hydrogen-bond donors (Lipinski definition) is 2. The number of anilines is 1. The Morgan fingerprint density at radius 3 is 2.08 bits per heavy atom. The van der Waals surface area contributed by atoms with Crippen LogP contribution in [0.3, 0.4) is 0 Å². The summed E-state index contributed by atoms with van der Waals surface area (Å²) in [5.74, 6) is -2.22. The van der Waals surface area contributed by atoms with Gasteiger partial charge in [0.2, 0.25) is 16.2 Å². The van der Waals surface area contributed by atoms with E-state index in [-0.39, 0.29) is 137 Å². The van der Waals surface area contributed by atoms with Crippen molar-refractivity contribution < 1.29 is 168 Å². The number of phenols is 1. The Hall–Kier alpha value is 0.642. The van der Waals surface area contributed by atoms with Gasteiger partial charge in [0.1, 0.15) is 21.6 Å². The number of ketones is 1. The van der Waals surface area contributed by atoms with E-state index in [9.17, 15) is 44.3 Å². The number of benzene rings is 2. The van der Waals surface area contributed by atoms with Gasteiger partial charge in [-0.2, -0.15) is 5.10 Å². The number of rotatable bonds is 8. The summed E-state index contributed by atoms with van der Waals surface area (Å²) in [5, 5.41) is 13.9. The number of aromatic hydroxyl groups is 1. The average molecular weight is 672 g/mol. The van der Waals surface area contributed by atoms with Gasteiger partial charge in [-0.05, 0) is 18.2 Å². The number of phenolic OH excluding ortho intramolecular Hbond substituents is 1. The molecule has 2 aromatic carbocycles. The maximum atomic E-state index is 12.6. The van der Waals surface area contributed by atoms with Crippen LogP contribution in [0.4, 0.5) is 5.69 Å². The molecule has 0 amide bonds. The molecule has 0 atom stereocenters. The Labute approximate surface area is 308 Å². The predicted molar refractivity (Wildman–Crippen MR) is 115 cm³/mol. The van der Waals surface area contributed by atoms with Gasteiger partial charge >= 0.3 is 103 Å². The number of hydrazone groups is 1. The van der Waals surface area contributed by atoms with E-state index in [0.717, 1.165) is 24.3 Å². The molecule has 1 aliphatic carbocycles. The van der Waals surface area contributed by atoms with Crippen LogP contribution in [-0.4, -0.2) is 63.3 Å². The molecule has 0 bridgehead atoms. The minimum atomic E-state index is -5.08. The Morgan fingerprint density at radius 1 is 0.946 bits per heavy atom. The largest absolute Gasteiger partial charge is 1.00 e. The van der Waals surface area contributed by atoms with Crippen LogP contribution < -0.4 is 108 Å². The first-order valence-corrected chi connectivity index (χ1v) is 13.4. The Balaban J connectivity index is 0.00000432. The Kier molecular flexibility index (Phi) is 15.3. The summed E-state index contributed by atoms with van der Waals surface area (Å²) in [7, 11) is -14.2. The van der Waals surface area contributed by atoms with Gasteiger partial charge in [0.25, 0.3) is 0 Å². The molecule has 0 aliphatic heterocycles. The van der Waals surface area contributed by atoms with Crippen molar-refractivity contribution in [2.45, 2.75) is 4.90 Å². The maximum absolute atomic E-state index is 12.6. The summed E-state index contributed by atoms with van der Waals surface area (Å²) in [6.45, 7) is -0.927. The third-order valence-corrected chi connectivity index (χ3v) is 7.42. The standard InChI is InChI=1S/C18H16N2O11S3.Cu.2K/c21-16-9-11(32(23,24)8-7-31-34(28,29)30)5-6-14(16)19-20-15-10-17(33(25,26)27)12-3-1-2-4-13(12)18(15)22;;;/h1-6,9-10,19,21H,7-8H2,(H,25,26,27)(H,28,29,30);;;/q;;2*+1/p-2. The number of nitrogens with one attached hydrogen (secondary N) is 1. The topological polar surface area (TPSA) is 219 Å². The minimum Gasteiger partial charge on any atom is -0.744 e. The molecule has 193 valence electrons. The van der Waals surface area contributed by atoms with Crippen molar-refractivity contribution in [3.8, 4) is 5.75 Å². The van der Waals surface area contributed by atoms with Crippen molar-refractivity contribution in [2.24, 2.45) is 5.10 Å². The molecular formula is C18H14CuK2N2O11S3. The van der Waals surface area contributed by atoms with Crippen LogP contribution in [0.1, 0.15) is 15.9 Å². The SMILES string of the molecule is O=C1C(=NNc2ccc(S(=O)(=O)CCOS(=O)(=O)[O-])cc2O)C=C(S(=O)(=O)[O-])c2ccccc21.[Cu].[K+].[K+]. The van der Waals surface area contributed by atoms with Crippen LogP contribution in [0.2, 0.25) is 0 Å². The summed E-state index contributed by atoms with van der Waals surface area (Å²) in [6.07, 6.45) is 0.778. The molecule has 2 N–H and O–H groups in total. The predicted octanol–water partition coefficient (Wildman–Crippen LogP) is -5.80. The molecule has 0 spiro atoms. The molecule has 0 unspecified atom stereocenters.